The predicted molar refractivity (Wildman–Crippen MR) is 68.3 cm³/mol. The minimum atomic E-state index is -0.631. The number of rotatable bonds is 3. The zero-order valence-corrected chi connectivity index (χ0v) is 10.9. The van der Waals surface area contributed by atoms with Crippen molar-refractivity contribution in [3.63, 3.8) is 0 Å². The Morgan fingerprint density at radius 1 is 1.17 bits per heavy atom. The molecule has 0 saturated carbocycles. The summed E-state index contributed by atoms with van der Waals surface area (Å²) in [4.78, 5) is 11.1. The maximum Gasteiger partial charge on any atom is 0.164 e. The molecule has 0 unspecified atom stereocenters. The van der Waals surface area contributed by atoms with Crippen LogP contribution < -0.4 is 14.2 Å². The number of ether oxygens (including phenoxy) is 3. The molecule has 0 radical (unpaired) electrons. The topological polar surface area (TPSA) is 44.8 Å². The van der Waals surface area contributed by atoms with Gasteiger partial charge in [-0.15, -0.1) is 0 Å². The zero-order chi connectivity index (χ0) is 13.3. The number of fused-ring (bicyclic) bond motifs is 1. The molecule has 0 spiro atoms. The van der Waals surface area contributed by atoms with Gasteiger partial charge in [-0.25, -0.2) is 0 Å². The van der Waals surface area contributed by atoms with Gasteiger partial charge >= 0.3 is 0 Å². The molecular weight excluding hydrogens is 232 g/mol. The van der Waals surface area contributed by atoms with E-state index < -0.39 is 5.60 Å². The van der Waals surface area contributed by atoms with Crippen LogP contribution in [-0.2, 0) is 4.79 Å². The first-order chi connectivity index (χ1) is 8.51. The predicted octanol–water partition coefficient (Wildman–Crippen LogP) is 2.46. The van der Waals surface area contributed by atoms with E-state index in [9.17, 15) is 4.79 Å². The molecule has 0 saturated heterocycles. The average molecular weight is 248 g/mol. The quantitative estimate of drug-likeness (QED) is 0.771. The summed E-state index contributed by atoms with van der Waals surface area (Å²) < 4.78 is 16.3. The molecule has 2 rings (SSSR count). The molecule has 96 valence electrons. The molecule has 1 aliphatic heterocycles. The summed E-state index contributed by atoms with van der Waals surface area (Å²) in [5, 5.41) is 0. The van der Waals surface area contributed by atoms with Crippen LogP contribution >= 0.6 is 0 Å². The van der Waals surface area contributed by atoms with Crippen molar-refractivity contribution in [3.05, 3.63) is 23.3 Å². The zero-order valence-electron chi connectivity index (χ0n) is 10.9. The summed E-state index contributed by atoms with van der Waals surface area (Å²) in [6.45, 7) is 3.71. The summed E-state index contributed by atoms with van der Waals surface area (Å²) in [5.74, 6) is 1.90. The van der Waals surface area contributed by atoms with Gasteiger partial charge in [-0.2, -0.15) is 0 Å². The number of hydrogen-bond acceptors (Lipinski definition) is 4. The Kier molecular flexibility index (Phi) is 3.03. The van der Waals surface area contributed by atoms with Crippen LogP contribution in [0.3, 0.4) is 0 Å². The third-order valence-electron chi connectivity index (χ3n) is 3.01. The van der Waals surface area contributed by atoms with Crippen molar-refractivity contribution >= 4 is 12.4 Å². The second-order valence-electron chi connectivity index (χ2n) is 4.57. The fourth-order valence-electron chi connectivity index (χ4n) is 1.93. The van der Waals surface area contributed by atoms with Crippen molar-refractivity contribution in [1.29, 1.82) is 0 Å². The van der Waals surface area contributed by atoms with Crippen molar-refractivity contribution in [3.8, 4) is 17.2 Å². The van der Waals surface area contributed by atoms with Crippen molar-refractivity contribution in [2.45, 2.75) is 19.4 Å². The minimum Gasteiger partial charge on any atom is -0.493 e. The smallest absolute Gasteiger partial charge is 0.164 e. The molecule has 1 aromatic rings. The molecule has 0 fully saturated rings. The normalized spacial score (nSPS) is 16.1. The molecule has 1 heterocycles. The summed E-state index contributed by atoms with van der Waals surface area (Å²) in [5.41, 5.74) is 0.783. The van der Waals surface area contributed by atoms with Gasteiger partial charge in [0.1, 0.15) is 17.6 Å². The Balaban J connectivity index is 2.58. The average Bonchev–Trinajstić information content (AvgIpc) is 2.35. The largest absolute Gasteiger partial charge is 0.493 e. The number of carbonyl (C=O) groups excluding carboxylic acids is 1. The lowest BCUT2D eigenvalue weighted by Crippen LogP contribution is -2.33. The third-order valence-corrected chi connectivity index (χ3v) is 3.01. The van der Waals surface area contributed by atoms with E-state index >= 15 is 0 Å². The molecule has 0 aliphatic carbocycles. The molecule has 0 aromatic heterocycles. The summed E-state index contributed by atoms with van der Waals surface area (Å²) in [6.07, 6.45) is 2.63. The fraction of sp³-hybridized carbons (Fsp3) is 0.357. The molecule has 18 heavy (non-hydrogen) atoms. The van der Waals surface area contributed by atoms with E-state index in [2.05, 4.69) is 0 Å². The molecule has 1 aromatic carbocycles. The van der Waals surface area contributed by atoms with Gasteiger partial charge in [0.25, 0.3) is 0 Å². The van der Waals surface area contributed by atoms with Crippen LogP contribution in [0.5, 0.6) is 17.2 Å². The Morgan fingerprint density at radius 3 is 2.33 bits per heavy atom. The lowest BCUT2D eigenvalue weighted by Gasteiger charge is -2.31. The molecular formula is C14H16O4. The molecule has 0 bridgehead atoms. The maximum absolute atomic E-state index is 11.1. The van der Waals surface area contributed by atoms with Crippen LogP contribution in [0.25, 0.3) is 6.08 Å². The van der Waals surface area contributed by atoms with Crippen molar-refractivity contribution in [2.75, 3.05) is 14.2 Å². The van der Waals surface area contributed by atoms with Crippen LogP contribution in [-0.4, -0.2) is 26.1 Å². The highest BCUT2D eigenvalue weighted by Crippen LogP contribution is 2.41. The minimum absolute atomic E-state index is 0.599. The molecule has 0 amide bonds. The monoisotopic (exact) mass is 248 g/mol. The molecule has 4 nitrogen and oxygen atoms in total. The summed E-state index contributed by atoms with van der Waals surface area (Å²) >= 11 is 0. The SMILES string of the molecule is COc1cc2c(cc1OC)OC(C)(C)C(C=O)=C2. The number of hydrogen-bond donors (Lipinski definition) is 0. The standard InChI is InChI=1S/C14H16O4/c1-14(2)10(8-15)5-9-6-12(16-3)13(17-4)7-11(9)18-14/h5-8H,1-4H3. The van der Waals surface area contributed by atoms with Gasteiger partial charge in [0.2, 0.25) is 0 Å². The highest BCUT2D eigenvalue weighted by molar-refractivity contribution is 5.87. The van der Waals surface area contributed by atoms with Gasteiger partial charge in [0.05, 0.1) is 14.2 Å². The Morgan fingerprint density at radius 2 is 1.78 bits per heavy atom. The van der Waals surface area contributed by atoms with Gasteiger partial charge in [0, 0.05) is 17.2 Å². The first kappa shape index (κ1) is 12.5. The Bertz CT molecular complexity index is 515. The molecule has 4 heteroatoms. The van der Waals surface area contributed by atoms with Crippen molar-refractivity contribution < 1.29 is 19.0 Å². The van der Waals surface area contributed by atoms with E-state index in [-0.39, 0.29) is 0 Å². The van der Waals surface area contributed by atoms with E-state index in [1.54, 1.807) is 26.4 Å². The second-order valence-corrected chi connectivity index (χ2v) is 4.57. The maximum atomic E-state index is 11.1. The van der Waals surface area contributed by atoms with E-state index in [4.69, 9.17) is 14.2 Å². The lowest BCUT2D eigenvalue weighted by molar-refractivity contribution is -0.106. The van der Waals surface area contributed by atoms with E-state index in [1.165, 1.54) is 0 Å². The Hall–Kier alpha value is -1.97. The van der Waals surface area contributed by atoms with Crippen molar-refractivity contribution in [1.82, 2.24) is 0 Å². The molecule has 0 atom stereocenters. The van der Waals surface area contributed by atoms with Crippen LogP contribution in [0, 0.1) is 0 Å². The molecule has 1 aliphatic rings. The number of benzene rings is 1. The number of methoxy groups -OCH3 is 2. The van der Waals surface area contributed by atoms with Crippen LogP contribution in [0.4, 0.5) is 0 Å². The van der Waals surface area contributed by atoms with Gasteiger partial charge in [-0.3, -0.25) is 4.79 Å². The first-order valence-electron chi connectivity index (χ1n) is 5.64. The van der Waals surface area contributed by atoms with E-state index in [1.807, 2.05) is 19.9 Å². The van der Waals surface area contributed by atoms with E-state index in [0.29, 0.717) is 22.8 Å². The van der Waals surface area contributed by atoms with Gasteiger partial charge < -0.3 is 14.2 Å². The van der Waals surface area contributed by atoms with Gasteiger partial charge in [0.15, 0.2) is 11.5 Å². The first-order valence-corrected chi connectivity index (χ1v) is 5.64. The third kappa shape index (κ3) is 1.94. The van der Waals surface area contributed by atoms with Gasteiger partial charge in [-0.05, 0) is 26.0 Å². The highest BCUT2D eigenvalue weighted by Gasteiger charge is 2.31. The lowest BCUT2D eigenvalue weighted by atomic mass is 9.93. The number of carbonyl (C=O) groups is 1. The molecule has 0 N–H and O–H groups in total. The Labute approximate surface area is 106 Å². The fourth-order valence-corrected chi connectivity index (χ4v) is 1.93. The van der Waals surface area contributed by atoms with Gasteiger partial charge in [-0.1, -0.05) is 0 Å². The van der Waals surface area contributed by atoms with Crippen LogP contribution in [0.2, 0.25) is 0 Å². The van der Waals surface area contributed by atoms with Crippen LogP contribution in [0.15, 0.2) is 17.7 Å². The van der Waals surface area contributed by atoms with Crippen LogP contribution in [0.1, 0.15) is 19.4 Å². The highest BCUT2D eigenvalue weighted by atomic mass is 16.5. The van der Waals surface area contributed by atoms with E-state index in [0.717, 1.165) is 11.8 Å². The summed E-state index contributed by atoms with van der Waals surface area (Å²) in [7, 11) is 3.15. The number of aldehydes is 1. The summed E-state index contributed by atoms with van der Waals surface area (Å²) in [6, 6.07) is 3.57. The van der Waals surface area contributed by atoms with Crippen molar-refractivity contribution in [2.24, 2.45) is 0 Å². The second kappa shape index (κ2) is 4.37.